The SMILES string of the molecule is CC[C@H](C)[C@H](NC(=O)CN)C(=O)N[C@@H](CC(C)C)C(=O)NCC(=O)N[C@@H](Cc1ccccc1)C(=O)N[C@H](C(=O)N[C@@H](Cc1ccccc1)C(=O)O[C@H](C)[C@H](N)C(=O)N[C@@H](CC(C)C)C(=O)O)C(C)C.O=C(O)C(F)(F)F.O=C(O)C(F)(F)F. The van der Waals surface area contributed by atoms with Crippen LogP contribution in [-0.4, -0.2) is 154 Å². The van der Waals surface area contributed by atoms with Crippen molar-refractivity contribution >= 4 is 65.2 Å². The number of carbonyl (C=O) groups excluding carboxylic acids is 8. The number of benzene rings is 2. The van der Waals surface area contributed by atoms with Gasteiger partial charge in [0.05, 0.1) is 13.1 Å². The number of alkyl halides is 6. The van der Waals surface area contributed by atoms with Crippen LogP contribution < -0.4 is 48.7 Å². The van der Waals surface area contributed by atoms with Crippen molar-refractivity contribution in [3.05, 3.63) is 71.8 Å². The molecule has 14 N–H and O–H groups in total. The number of carboxylic acid groups (broad SMARTS) is 3. The first-order valence-electron chi connectivity index (χ1n) is 26.0. The van der Waals surface area contributed by atoms with E-state index in [1.165, 1.54) is 6.92 Å². The molecule has 0 radical (unpaired) electrons. The first-order chi connectivity index (χ1) is 38.4. The summed E-state index contributed by atoms with van der Waals surface area (Å²) in [5.41, 5.74) is 12.9. The van der Waals surface area contributed by atoms with Crippen LogP contribution in [0.5, 0.6) is 0 Å². The van der Waals surface area contributed by atoms with Crippen LogP contribution in [0.4, 0.5) is 26.3 Å². The van der Waals surface area contributed by atoms with E-state index in [9.17, 15) is 74.6 Å². The van der Waals surface area contributed by atoms with Crippen LogP contribution >= 0.6 is 0 Å². The Bertz CT molecular complexity index is 2430. The molecule has 0 aromatic heterocycles. The monoisotopic (exact) mass is 1190 g/mol. The zero-order chi connectivity index (χ0) is 64.1. The predicted octanol–water partition coefficient (Wildman–Crippen LogP) is 1.86. The molecule has 0 unspecified atom stereocenters. The molecule has 30 heteroatoms. The number of hydrogen-bond acceptors (Lipinski definition) is 14. The molecule has 0 aliphatic carbocycles. The quantitative estimate of drug-likeness (QED) is 0.0408. The van der Waals surface area contributed by atoms with E-state index in [1.807, 2.05) is 20.8 Å². The second-order valence-corrected chi connectivity index (χ2v) is 20.1. The summed E-state index contributed by atoms with van der Waals surface area (Å²) in [5.74, 6) is -13.6. The maximum atomic E-state index is 14.1. The Morgan fingerprint density at radius 2 is 0.952 bits per heavy atom. The van der Waals surface area contributed by atoms with Crippen LogP contribution in [0.3, 0.4) is 0 Å². The van der Waals surface area contributed by atoms with Crippen molar-refractivity contribution in [1.82, 2.24) is 37.2 Å². The van der Waals surface area contributed by atoms with Gasteiger partial charge in [-0.3, -0.25) is 33.6 Å². The maximum absolute atomic E-state index is 14.1. The summed E-state index contributed by atoms with van der Waals surface area (Å²) < 4.78 is 69.1. The molecule has 0 heterocycles. The number of carboxylic acids is 3. The van der Waals surface area contributed by atoms with Crippen molar-refractivity contribution in [2.45, 2.75) is 155 Å². The lowest BCUT2D eigenvalue weighted by atomic mass is 9.96. The fourth-order valence-electron chi connectivity index (χ4n) is 7.10. The number of nitrogens with two attached hydrogens (primary N) is 2. The van der Waals surface area contributed by atoms with Gasteiger partial charge in [-0.25, -0.2) is 19.2 Å². The molecule has 7 amide bonds. The molecule has 466 valence electrons. The largest absolute Gasteiger partial charge is 0.490 e. The Kier molecular flexibility index (Phi) is 33.1. The Morgan fingerprint density at radius 3 is 1.36 bits per heavy atom. The summed E-state index contributed by atoms with van der Waals surface area (Å²) in [6.45, 7) is 14.7. The molecule has 0 spiro atoms. The summed E-state index contributed by atoms with van der Waals surface area (Å²) in [6.07, 6.45) is -10.6. The molecule has 0 fully saturated rings. The zero-order valence-corrected chi connectivity index (χ0v) is 47.3. The Balaban J connectivity index is 0.00000423. The van der Waals surface area contributed by atoms with Gasteiger partial charge in [-0.15, -0.1) is 0 Å². The molecule has 2 aromatic carbocycles. The topological polar surface area (TPSA) is 394 Å². The highest BCUT2D eigenvalue weighted by Crippen LogP contribution is 2.16. The van der Waals surface area contributed by atoms with E-state index in [-0.39, 0.29) is 50.0 Å². The molecule has 0 aliphatic heterocycles. The molecule has 0 saturated heterocycles. The minimum atomic E-state index is -5.08. The molecule has 2 rings (SSSR count). The molecule has 0 saturated carbocycles. The lowest BCUT2D eigenvalue weighted by Gasteiger charge is -2.28. The van der Waals surface area contributed by atoms with Crippen LogP contribution in [0, 0.1) is 23.7 Å². The zero-order valence-electron chi connectivity index (χ0n) is 47.3. The molecule has 0 aliphatic rings. The van der Waals surface area contributed by atoms with Crippen LogP contribution in [0.2, 0.25) is 0 Å². The molecular formula is C53H77F6N9O15. The van der Waals surface area contributed by atoms with Gasteiger partial charge in [-0.1, -0.05) is 122 Å². The minimum absolute atomic E-state index is 0.0181. The van der Waals surface area contributed by atoms with Crippen LogP contribution in [0.25, 0.3) is 0 Å². The fourth-order valence-corrected chi connectivity index (χ4v) is 7.10. The van der Waals surface area contributed by atoms with Crippen molar-refractivity contribution in [2.24, 2.45) is 35.1 Å². The van der Waals surface area contributed by atoms with Crippen molar-refractivity contribution in [1.29, 1.82) is 0 Å². The highest BCUT2D eigenvalue weighted by Gasteiger charge is 2.40. The van der Waals surface area contributed by atoms with Gasteiger partial charge in [0.25, 0.3) is 0 Å². The number of amides is 7. The van der Waals surface area contributed by atoms with E-state index in [1.54, 1.807) is 95.3 Å². The molecule has 0 bridgehead atoms. The highest BCUT2D eigenvalue weighted by atomic mass is 19.4. The third-order valence-corrected chi connectivity index (χ3v) is 11.7. The molecule has 24 nitrogen and oxygen atoms in total. The normalized spacial score (nSPS) is 14.5. The van der Waals surface area contributed by atoms with Crippen LogP contribution in [-0.2, 0) is 70.3 Å². The van der Waals surface area contributed by atoms with E-state index in [0.717, 1.165) is 0 Å². The molecule has 9 atom stereocenters. The second kappa shape index (κ2) is 36.5. The van der Waals surface area contributed by atoms with Gasteiger partial charge in [-0.2, -0.15) is 26.3 Å². The highest BCUT2D eigenvalue weighted by molar-refractivity contribution is 5.96. The van der Waals surface area contributed by atoms with E-state index < -0.39 is 138 Å². The predicted molar refractivity (Wildman–Crippen MR) is 286 cm³/mol. The van der Waals surface area contributed by atoms with Gasteiger partial charge in [0.2, 0.25) is 41.4 Å². The van der Waals surface area contributed by atoms with Crippen molar-refractivity contribution in [3.8, 4) is 0 Å². The average Bonchev–Trinajstić information content (AvgIpc) is 3.41. The Labute approximate surface area is 475 Å². The summed E-state index contributed by atoms with van der Waals surface area (Å²) in [4.78, 5) is 137. The smallest absolute Gasteiger partial charge is 0.480 e. The first-order valence-corrected chi connectivity index (χ1v) is 26.0. The number of ether oxygens (including phenoxy) is 1. The van der Waals surface area contributed by atoms with E-state index in [0.29, 0.717) is 17.5 Å². The summed E-state index contributed by atoms with van der Waals surface area (Å²) >= 11 is 0. The lowest BCUT2D eigenvalue weighted by Crippen LogP contribution is -2.59. The third kappa shape index (κ3) is 30.1. The maximum Gasteiger partial charge on any atom is 0.490 e. The number of nitrogens with one attached hydrogen (secondary N) is 7. The van der Waals surface area contributed by atoms with Crippen LogP contribution in [0.1, 0.15) is 92.7 Å². The first kappa shape index (κ1) is 75.1. The standard InChI is InChI=1S/C49H75N9O11.2C2HF3O2/c1-10-30(8)42(57-38(59)25-50)47(65)54-34(21-27(2)3)43(61)52-26-39(60)53-35(23-32-17-13-11-14-18-32)44(62)58-41(29(6)7)46(64)56-37(24-33-19-15-12-16-20-33)49(68)69-31(9)40(51)45(63)55-36(48(66)67)22-28(4)5;2*3-2(4,5)1(6)7/h11-20,27-31,34-37,40-42H,10,21-26,50-51H2,1-9H3,(H,52,61)(H,53,60)(H,54,65)(H,55,63)(H,56,64)(H,57,59)(H,58,62)(H,66,67);2*(H,6,7)/t30-,31+,34-,35-,36-,37-,40-,41-,42-;;/m0../s1. The fraction of sp³-hybridized carbons (Fsp3) is 0.566. The lowest BCUT2D eigenvalue weighted by molar-refractivity contribution is -0.193. The Hall–Kier alpha value is -7.89. The number of aliphatic carboxylic acids is 3. The summed E-state index contributed by atoms with van der Waals surface area (Å²) in [6, 6.07) is 8.88. The molecule has 83 heavy (non-hydrogen) atoms. The Morgan fingerprint density at radius 1 is 0.530 bits per heavy atom. The van der Waals surface area contributed by atoms with E-state index in [4.69, 9.17) is 36.0 Å². The van der Waals surface area contributed by atoms with Gasteiger partial charge in [0.1, 0.15) is 48.4 Å². The number of esters is 1. The van der Waals surface area contributed by atoms with Gasteiger partial charge in [0.15, 0.2) is 0 Å². The number of carbonyl (C=O) groups is 11. The van der Waals surface area contributed by atoms with Crippen molar-refractivity contribution < 1.29 is 99.1 Å². The summed E-state index contributed by atoms with van der Waals surface area (Å²) in [7, 11) is 0. The van der Waals surface area contributed by atoms with E-state index in [2.05, 4.69) is 37.2 Å². The average molecular weight is 1190 g/mol. The van der Waals surface area contributed by atoms with Gasteiger partial charge >= 0.3 is 36.2 Å². The van der Waals surface area contributed by atoms with Gasteiger partial charge in [-0.05, 0) is 54.6 Å². The molecular weight excluding hydrogens is 1120 g/mol. The third-order valence-electron chi connectivity index (χ3n) is 11.7. The number of hydrogen-bond donors (Lipinski definition) is 12. The van der Waals surface area contributed by atoms with Gasteiger partial charge in [0, 0.05) is 12.8 Å². The number of halogens is 6. The van der Waals surface area contributed by atoms with Crippen LogP contribution in [0.15, 0.2) is 60.7 Å². The minimum Gasteiger partial charge on any atom is -0.480 e. The number of rotatable bonds is 29. The van der Waals surface area contributed by atoms with E-state index >= 15 is 0 Å². The molecule has 2 aromatic rings. The van der Waals surface area contributed by atoms with Gasteiger partial charge < -0.3 is 68.7 Å². The van der Waals surface area contributed by atoms with Crippen molar-refractivity contribution in [3.63, 3.8) is 0 Å². The summed E-state index contributed by atoms with van der Waals surface area (Å²) in [5, 5.41) is 42.2. The second-order valence-electron chi connectivity index (χ2n) is 20.1. The van der Waals surface area contributed by atoms with Crippen molar-refractivity contribution in [2.75, 3.05) is 13.1 Å².